The van der Waals surface area contributed by atoms with E-state index in [1.807, 2.05) is 105 Å². The van der Waals surface area contributed by atoms with Crippen LogP contribution < -0.4 is 40.0 Å². The van der Waals surface area contributed by atoms with Gasteiger partial charge in [-0.2, -0.15) is 0 Å². The third-order valence-electron chi connectivity index (χ3n) is 6.85. The van der Waals surface area contributed by atoms with Crippen LogP contribution >= 0.6 is 0 Å². The Morgan fingerprint density at radius 3 is 2.00 bits per heavy atom. The molecule has 0 spiro atoms. The van der Waals surface area contributed by atoms with Crippen molar-refractivity contribution in [3.8, 4) is 22.4 Å². The first-order chi connectivity index (χ1) is 19.3. The predicted molar refractivity (Wildman–Crippen MR) is 155 cm³/mol. The second-order valence-electron chi connectivity index (χ2n) is 10.3. The van der Waals surface area contributed by atoms with Crippen molar-refractivity contribution in [1.82, 2.24) is 4.57 Å². The van der Waals surface area contributed by atoms with Crippen LogP contribution in [0.15, 0.2) is 91.0 Å². The van der Waals surface area contributed by atoms with Crippen LogP contribution in [0.25, 0.3) is 22.4 Å². The number of amides is 1. The average Bonchev–Trinajstić information content (AvgIpc) is 3.28. The molecular formula is C33H35N2NaO5. The summed E-state index contributed by atoms with van der Waals surface area (Å²) in [5, 5.41) is 34.7. The Hall–Kier alpha value is -3.20. The number of carbonyl (C=O) groups is 2. The SMILES string of the molecule is CC(C)c1c(C(=O)Nc2ccccc2)[14c](-c2ccccc2)c(-c2ccccc2)n1CC[C@@H](O)C[C@@H](O)CC(=O)[O-].[Na+]. The summed E-state index contributed by atoms with van der Waals surface area (Å²) in [7, 11) is 0. The van der Waals surface area contributed by atoms with E-state index >= 15 is 0 Å². The minimum absolute atomic E-state index is 0. The Morgan fingerprint density at radius 2 is 1.44 bits per heavy atom. The molecule has 0 saturated carbocycles. The Bertz CT molecular complexity index is 1420. The molecule has 8 heteroatoms. The minimum atomic E-state index is -1.36. The molecule has 0 bridgehead atoms. The number of aromatic nitrogens is 1. The van der Waals surface area contributed by atoms with Crippen molar-refractivity contribution >= 4 is 17.6 Å². The molecule has 7 nitrogen and oxygen atoms in total. The fourth-order valence-corrected chi connectivity index (χ4v) is 5.18. The van der Waals surface area contributed by atoms with Crippen LogP contribution in [-0.2, 0) is 11.3 Å². The molecule has 1 amide bonds. The molecule has 3 aromatic carbocycles. The molecule has 41 heavy (non-hydrogen) atoms. The molecule has 4 aromatic rings. The van der Waals surface area contributed by atoms with Gasteiger partial charge in [-0.15, -0.1) is 0 Å². The third kappa shape index (κ3) is 8.18. The van der Waals surface area contributed by atoms with Crippen molar-refractivity contribution in [2.75, 3.05) is 5.32 Å². The number of nitrogens with one attached hydrogen (secondary N) is 1. The van der Waals surface area contributed by atoms with E-state index in [4.69, 9.17) is 0 Å². The summed E-state index contributed by atoms with van der Waals surface area (Å²) in [6.45, 7) is 4.43. The topological polar surface area (TPSA) is 115 Å². The maximum Gasteiger partial charge on any atom is 1.00 e. The Labute approximate surface area is 263 Å². The molecule has 0 unspecified atom stereocenters. The van der Waals surface area contributed by atoms with E-state index < -0.39 is 24.6 Å². The molecule has 0 saturated heterocycles. The normalized spacial score (nSPS) is 12.4. The molecule has 208 valence electrons. The zero-order valence-corrected chi connectivity index (χ0v) is 25.8. The van der Waals surface area contributed by atoms with Crippen molar-refractivity contribution in [1.29, 1.82) is 0 Å². The molecule has 0 fully saturated rings. The van der Waals surface area contributed by atoms with E-state index in [1.54, 1.807) is 0 Å². The fourth-order valence-electron chi connectivity index (χ4n) is 5.18. The summed E-state index contributed by atoms with van der Waals surface area (Å²) >= 11 is 0. The number of carboxylic acid groups (broad SMARTS) is 1. The van der Waals surface area contributed by atoms with Crippen LogP contribution in [0.4, 0.5) is 5.69 Å². The molecular weight excluding hydrogens is 529 g/mol. The Morgan fingerprint density at radius 1 is 0.878 bits per heavy atom. The summed E-state index contributed by atoms with van der Waals surface area (Å²) in [5.74, 6) is -1.63. The van der Waals surface area contributed by atoms with E-state index in [-0.39, 0.29) is 54.2 Å². The number of aliphatic hydroxyl groups is 2. The van der Waals surface area contributed by atoms with Gasteiger partial charge in [-0.25, -0.2) is 0 Å². The van der Waals surface area contributed by atoms with E-state index in [9.17, 15) is 24.9 Å². The van der Waals surface area contributed by atoms with Gasteiger partial charge in [-0.05, 0) is 42.0 Å². The maximum atomic E-state index is 14.0. The minimum Gasteiger partial charge on any atom is -0.550 e. The van der Waals surface area contributed by atoms with Gasteiger partial charge in [0.2, 0.25) is 0 Å². The number of aliphatic hydroxyl groups excluding tert-OH is 2. The number of benzene rings is 3. The third-order valence-corrected chi connectivity index (χ3v) is 6.85. The number of carboxylic acids is 1. The number of para-hydroxylation sites is 1. The number of carbonyl (C=O) groups excluding carboxylic acids is 2. The van der Waals surface area contributed by atoms with Crippen LogP contribution in [0.5, 0.6) is 0 Å². The standard InChI is InChI=1S/C33H36N2O5.Na/c1-22(2)31-30(33(40)34-25-16-10-5-11-17-25)29(23-12-6-3-7-13-23)32(24-14-8-4-9-15-24)35(31)19-18-26(36)20-27(37)21-28(38)39;/h3-17,22,26-27,36-37H,18-21H2,1-2H3,(H,34,40)(H,38,39);/q;+1/p-1/t26-,27-;/m1./s1/i29+2;. The van der Waals surface area contributed by atoms with Crippen molar-refractivity contribution < 1.29 is 54.5 Å². The average molecular weight is 565 g/mol. The summed E-state index contributed by atoms with van der Waals surface area (Å²) in [4.78, 5) is 24.9. The molecule has 0 aliphatic carbocycles. The summed E-state index contributed by atoms with van der Waals surface area (Å²) in [6, 6.07) is 29.0. The first-order valence-corrected chi connectivity index (χ1v) is 13.6. The number of rotatable bonds is 12. The fraction of sp³-hybridized carbons (Fsp3) is 0.273. The molecule has 2 atom stereocenters. The predicted octanol–water partition coefficient (Wildman–Crippen LogP) is 1.84. The Balaban J connectivity index is 0.00000462. The van der Waals surface area contributed by atoms with Gasteiger partial charge in [-0.1, -0.05) is 92.7 Å². The quantitative estimate of drug-likeness (QED) is 0.227. The maximum absolute atomic E-state index is 14.0. The molecule has 0 aliphatic rings. The summed E-state index contributed by atoms with van der Waals surface area (Å²) < 4.78 is 2.09. The largest absolute Gasteiger partial charge is 1.00 e. The van der Waals surface area contributed by atoms with Gasteiger partial charge < -0.3 is 30.0 Å². The summed E-state index contributed by atoms with van der Waals surface area (Å²) in [6.07, 6.45) is -2.50. The molecule has 4 rings (SSSR count). The number of anilines is 1. The van der Waals surface area contributed by atoms with Crippen LogP contribution in [0, 0.1) is 0 Å². The Kier molecular flexibility index (Phi) is 11.9. The van der Waals surface area contributed by atoms with E-state index in [0.717, 1.165) is 28.1 Å². The second-order valence-corrected chi connectivity index (χ2v) is 10.3. The second kappa shape index (κ2) is 15.1. The van der Waals surface area contributed by atoms with Gasteiger partial charge >= 0.3 is 29.6 Å². The van der Waals surface area contributed by atoms with Gasteiger partial charge in [0.1, 0.15) is 0 Å². The van der Waals surface area contributed by atoms with Crippen molar-refractivity contribution in [2.24, 2.45) is 0 Å². The number of aliphatic carboxylic acids is 1. The van der Waals surface area contributed by atoms with Crippen LogP contribution in [0.2, 0.25) is 0 Å². The van der Waals surface area contributed by atoms with Crippen LogP contribution in [-0.4, -0.2) is 38.9 Å². The first kappa shape index (κ1) is 32.3. The van der Waals surface area contributed by atoms with Crippen molar-refractivity contribution in [2.45, 2.75) is 57.8 Å². The van der Waals surface area contributed by atoms with Crippen molar-refractivity contribution in [3.05, 3.63) is 102 Å². The molecule has 0 radical (unpaired) electrons. The molecule has 1 aromatic heterocycles. The first-order valence-electron chi connectivity index (χ1n) is 13.6. The number of hydrogen-bond donors (Lipinski definition) is 3. The smallest absolute Gasteiger partial charge is 0.550 e. The van der Waals surface area contributed by atoms with Crippen LogP contribution in [0.1, 0.15) is 55.1 Å². The monoisotopic (exact) mass is 564 g/mol. The van der Waals surface area contributed by atoms with Gasteiger partial charge in [-0.3, -0.25) is 4.79 Å². The van der Waals surface area contributed by atoms with Gasteiger partial charge in [0.05, 0.1) is 23.5 Å². The molecule has 1 heterocycles. The van der Waals surface area contributed by atoms with Gasteiger partial charge in [0.15, 0.2) is 0 Å². The van der Waals surface area contributed by atoms with E-state index in [2.05, 4.69) is 9.88 Å². The summed E-state index contributed by atoms with van der Waals surface area (Å²) in [5.41, 5.74) is 5.56. The van der Waals surface area contributed by atoms with Crippen molar-refractivity contribution in [3.63, 3.8) is 0 Å². The van der Waals surface area contributed by atoms with Crippen LogP contribution in [0.3, 0.4) is 0 Å². The number of hydrogen-bond acceptors (Lipinski definition) is 5. The number of nitrogens with zero attached hydrogens (tertiary/aromatic N) is 1. The zero-order valence-electron chi connectivity index (χ0n) is 23.8. The zero-order chi connectivity index (χ0) is 28.6. The molecule has 0 aliphatic heterocycles. The van der Waals surface area contributed by atoms with E-state index in [0.29, 0.717) is 17.8 Å². The van der Waals surface area contributed by atoms with E-state index in [1.165, 1.54) is 0 Å². The van der Waals surface area contributed by atoms with Gasteiger partial charge in [0.25, 0.3) is 5.91 Å². The molecule has 3 N–H and O–H groups in total. The van der Waals surface area contributed by atoms with Gasteiger partial charge in [0, 0.05) is 35.9 Å².